The summed E-state index contributed by atoms with van der Waals surface area (Å²) in [5, 5.41) is 5.82. The van der Waals surface area contributed by atoms with Crippen molar-refractivity contribution in [2.75, 3.05) is 44.4 Å². The highest BCUT2D eigenvalue weighted by molar-refractivity contribution is 7.99. The Hall–Kier alpha value is -1.09. The van der Waals surface area contributed by atoms with Crippen molar-refractivity contribution < 1.29 is 19.1 Å². The zero-order chi connectivity index (χ0) is 24.6. The smallest absolute Gasteiger partial charge is 0.246 e. The van der Waals surface area contributed by atoms with Crippen LogP contribution < -0.4 is 16.4 Å². The van der Waals surface area contributed by atoms with Crippen LogP contribution in [0.3, 0.4) is 0 Å². The van der Waals surface area contributed by atoms with Gasteiger partial charge < -0.3 is 25.8 Å². The quantitative estimate of drug-likeness (QED) is 0.197. The van der Waals surface area contributed by atoms with Crippen LogP contribution >= 0.6 is 11.8 Å². The molecule has 0 saturated carbocycles. The molecule has 0 saturated heterocycles. The zero-order valence-electron chi connectivity index (χ0n) is 21.2. The van der Waals surface area contributed by atoms with Gasteiger partial charge in [0.15, 0.2) is 0 Å². The Kier molecular flexibility index (Phi) is 15.9. The van der Waals surface area contributed by atoms with Crippen molar-refractivity contribution >= 4 is 23.6 Å². The lowest BCUT2D eigenvalue weighted by atomic mass is 10.0. The lowest BCUT2D eigenvalue weighted by molar-refractivity contribution is -0.124. The van der Waals surface area contributed by atoms with Gasteiger partial charge in [-0.3, -0.25) is 9.59 Å². The monoisotopic (exact) mass is 473 g/mol. The summed E-state index contributed by atoms with van der Waals surface area (Å²) in [5.41, 5.74) is 5.45. The fourth-order valence-corrected chi connectivity index (χ4v) is 3.65. The summed E-state index contributed by atoms with van der Waals surface area (Å²) in [6, 6.07) is 0. The minimum atomic E-state index is -0.290. The van der Waals surface area contributed by atoms with Gasteiger partial charge in [-0.15, -0.1) is 0 Å². The van der Waals surface area contributed by atoms with Crippen molar-refractivity contribution in [3.8, 4) is 0 Å². The number of hydrogen-bond acceptors (Lipinski definition) is 6. The van der Waals surface area contributed by atoms with E-state index < -0.39 is 0 Å². The van der Waals surface area contributed by atoms with Crippen LogP contribution in [-0.4, -0.2) is 67.4 Å². The molecular formula is C24H47N3O4S. The molecule has 0 aromatic heterocycles. The summed E-state index contributed by atoms with van der Waals surface area (Å²) in [4.78, 5) is 23.6. The maximum absolute atomic E-state index is 12.1. The molecule has 0 aliphatic heterocycles. The first kappa shape index (κ1) is 30.9. The Bertz CT molecular complexity index is 567. The summed E-state index contributed by atoms with van der Waals surface area (Å²) in [6.07, 6.45) is 3.26. The van der Waals surface area contributed by atoms with Gasteiger partial charge in [-0.05, 0) is 60.3 Å². The third-order valence-corrected chi connectivity index (χ3v) is 6.28. The Labute approximate surface area is 200 Å². The molecule has 0 radical (unpaired) electrons. The second-order valence-corrected chi connectivity index (χ2v) is 10.7. The van der Waals surface area contributed by atoms with E-state index >= 15 is 0 Å². The van der Waals surface area contributed by atoms with Crippen molar-refractivity contribution in [1.82, 2.24) is 10.6 Å². The van der Waals surface area contributed by atoms with Gasteiger partial charge in [0, 0.05) is 49.2 Å². The summed E-state index contributed by atoms with van der Waals surface area (Å²) in [6.45, 7) is 18.6. The normalized spacial score (nSPS) is 13.0. The molecule has 2 amide bonds. The van der Waals surface area contributed by atoms with Gasteiger partial charge in [-0.2, -0.15) is 11.8 Å². The first-order chi connectivity index (χ1) is 14.9. The van der Waals surface area contributed by atoms with Crippen molar-refractivity contribution in [2.24, 2.45) is 11.7 Å². The van der Waals surface area contributed by atoms with Gasteiger partial charge in [-0.1, -0.05) is 13.5 Å². The van der Waals surface area contributed by atoms with Crippen LogP contribution in [0.25, 0.3) is 0 Å². The van der Waals surface area contributed by atoms with Crippen LogP contribution in [-0.2, 0) is 19.1 Å². The van der Waals surface area contributed by atoms with Crippen LogP contribution in [0, 0.1) is 5.92 Å². The van der Waals surface area contributed by atoms with E-state index in [-0.39, 0.29) is 28.9 Å². The predicted octanol–water partition coefficient (Wildman–Crippen LogP) is 3.27. The van der Waals surface area contributed by atoms with E-state index in [1.54, 1.807) is 18.7 Å². The Balaban J connectivity index is 3.94. The van der Waals surface area contributed by atoms with Gasteiger partial charge in [-0.25, -0.2) is 0 Å². The first-order valence-electron chi connectivity index (χ1n) is 11.7. The highest BCUT2D eigenvalue weighted by atomic mass is 32.2. The highest BCUT2D eigenvalue weighted by Gasteiger charge is 2.22. The average molecular weight is 474 g/mol. The molecular weight excluding hydrogens is 426 g/mol. The molecule has 4 N–H and O–H groups in total. The van der Waals surface area contributed by atoms with E-state index in [0.29, 0.717) is 38.4 Å². The summed E-state index contributed by atoms with van der Waals surface area (Å²) >= 11 is 1.71. The fourth-order valence-electron chi connectivity index (χ4n) is 2.81. The molecule has 0 rings (SSSR count). The van der Waals surface area contributed by atoms with Gasteiger partial charge in [0.05, 0.1) is 17.8 Å². The molecule has 1 unspecified atom stereocenters. The fraction of sp³-hybridized carbons (Fsp3) is 0.833. The molecule has 0 aliphatic carbocycles. The maximum Gasteiger partial charge on any atom is 0.246 e. The van der Waals surface area contributed by atoms with Gasteiger partial charge in [0.2, 0.25) is 11.8 Å². The predicted molar refractivity (Wildman–Crippen MR) is 135 cm³/mol. The van der Waals surface area contributed by atoms with Crippen molar-refractivity contribution in [1.29, 1.82) is 0 Å². The van der Waals surface area contributed by atoms with Crippen LogP contribution in [0.1, 0.15) is 67.2 Å². The third-order valence-electron chi connectivity index (χ3n) is 5.02. The van der Waals surface area contributed by atoms with Crippen molar-refractivity contribution in [2.45, 2.75) is 78.4 Å². The summed E-state index contributed by atoms with van der Waals surface area (Å²) < 4.78 is 12.1. The largest absolute Gasteiger partial charge is 0.375 e. The molecule has 0 aromatic carbocycles. The second kappa shape index (κ2) is 16.5. The third kappa shape index (κ3) is 16.5. The molecule has 188 valence electrons. The minimum Gasteiger partial charge on any atom is -0.375 e. The number of amides is 2. The highest BCUT2D eigenvalue weighted by Crippen LogP contribution is 2.20. The molecule has 32 heavy (non-hydrogen) atoms. The van der Waals surface area contributed by atoms with E-state index in [4.69, 9.17) is 15.2 Å². The molecule has 0 bridgehead atoms. The molecule has 0 aromatic rings. The standard InChI is InChI=1S/C24H47N3O4S/c1-19(2)21(28)26-13-8-10-23(4,5)31-16-11-24(6,7)30-15-9-14-27-22(29)20(3)18-32-17-12-25/h20H,1,8-18,25H2,2-7H3,(H,26,28)(H,27,29). The second-order valence-electron chi connectivity index (χ2n) is 9.52. The molecule has 0 aliphatic rings. The SMILES string of the molecule is C=C(C)C(=O)NCCCC(C)(C)OCCC(C)(C)OCCCNC(=O)C(C)CSCCN. The number of hydrogen-bond donors (Lipinski definition) is 3. The number of thioether (sulfide) groups is 1. The molecule has 0 spiro atoms. The molecule has 0 heterocycles. The van der Waals surface area contributed by atoms with Crippen LogP contribution in [0.15, 0.2) is 12.2 Å². The van der Waals surface area contributed by atoms with E-state index in [9.17, 15) is 9.59 Å². The lowest BCUT2D eigenvalue weighted by Crippen LogP contribution is -2.34. The number of ether oxygens (including phenoxy) is 2. The van der Waals surface area contributed by atoms with E-state index in [2.05, 4.69) is 44.9 Å². The molecule has 7 nitrogen and oxygen atoms in total. The molecule has 0 fully saturated rings. The lowest BCUT2D eigenvalue weighted by Gasteiger charge is -2.30. The number of carbonyl (C=O) groups excluding carboxylic acids is 2. The number of nitrogens with one attached hydrogen (secondary N) is 2. The van der Waals surface area contributed by atoms with E-state index in [0.717, 1.165) is 37.2 Å². The first-order valence-corrected chi connectivity index (χ1v) is 12.8. The van der Waals surface area contributed by atoms with Crippen molar-refractivity contribution in [3.63, 3.8) is 0 Å². The Morgan fingerprint density at radius 2 is 1.59 bits per heavy atom. The van der Waals surface area contributed by atoms with Crippen LogP contribution in [0.4, 0.5) is 0 Å². The van der Waals surface area contributed by atoms with Crippen LogP contribution in [0.5, 0.6) is 0 Å². The van der Waals surface area contributed by atoms with E-state index in [1.807, 2.05) is 6.92 Å². The minimum absolute atomic E-state index is 0.00761. The van der Waals surface area contributed by atoms with Gasteiger partial charge in [0.1, 0.15) is 0 Å². The van der Waals surface area contributed by atoms with Crippen LogP contribution in [0.2, 0.25) is 0 Å². The maximum atomic E-state index is 12.1. The number of carbonyl (C=O) groups is 2. The van der Waals surface area contributed by atoms with Crippen molar-refractivity contribution in [3.05, 3.63) is 12.2 Å². The zero-order valence-corrected chi connectivity index (χ0v) is 22.0. The Morgan fingerprint density at radius 1 is 1.00 bits per heavy atom. The average Bonchev–Trinajstić information content (AvgIpc) is 2.70. The molecule has 8 heteroatoms. The van der Waals surface area contributed by atoms with E-state index in [1.165, 1.54) is 0 Å². The van der Waals surface area contributed by atoms with Gasteiger partial charge in [0.25, 0.3) is 0 Å². The summed E-state index contributed by atoms with van der Waals surface area (Å²) in [7, 11) is 0. The topological polar surface area (TPSA) is 103 Å². The van der Waals surface area contributed by atoms with Gasteiger partial charge >= 0.3 is 0 Å². The summed E-state index contributed by atoms with van der Waals surface area (Å²) in [5.74, 6) is 1.66. The number of nitrogens with two attached hydrogens (primary N) is 1. The number of rotatable bonds is 19. The Morgan fingerprint density at radius 3 is 2.22 bits per heavy atom. The molecule has 1 atom stereocenters.